The quantitative estimate of drug-likeness (QED) is 0.0818. The van der Waals surface area contributed by atoms with Crippen LogP contribution in [0.5, 0.6) is 11.5 Å². The smallest absolute Gasteiger partial charge is 0.192 e. The fraction of sp³-hybridized carbons (Fsp3) is 0.0769. The van der Waals surface area contributed by atoms with Gasteiger partial charge in [0, 0.05) is 34.1 Å². The van der Waals surface area contributed by atoms with Crippen LogP contribution in [0.1, 0.15) is 36.1 Å². The van der Waals surface area contributed by atoms with Crippen LogP contribution in [0.3, 0.4) is 0 Å². The van der Waals surface area contributed by atoms with Crippen LogP contribution in [0, 0.1) is 13.1 Å². The van der Waals surface area contributed by atoms with Crippen LogP contribution in [-0.4, -0.2) is 13.2 Å². The van der Waals surface area contributed by atoms with E-state index in [1.807, 2.05) is 98.8 Å². The van der Waals surface area contributed by atoms with E-state index in [2.05, 4.69) is 117 Å². The average Bonchev–Trinajstić information content (AvgIpc) is 3.28. The molecule has 7 aromatic rings. The number of nitrogens with zero attached hydrogens (tertiary/aromatic N) is 4. The molecule has 6 nitrogen and oxygen atoms in total. The van der Waals surface area contributed by atoms with Crippen molar-refractivity contribution in [3.63, 3.8) is 0 Å². The third-order valence-corrected chi connectivity index (χ3v) is 9.47. The molecule has 0 spiro atoms. The average molecular weight is 755 g/mol. The number of para-hydroxylation sites is 2. The van der Waals surface area contributed by atoms with Crippen LogP contribution in [0.2, 0.25) is 0 Å². The molecule has 0 aromatic heterocycles. The van der Waals surface area contributed by atoms with Gasteiger partial charge in [0.15, 0.2) is 11.4 Å². The Hall–Kier alpha value is -7.80. The first-order valence-corrected chi connectivity index (χ1v) is 19.2. The Labute approximate surface area is 341 Å². The highest BCUT2D eigenvalue weighted by Gasteiger charge is 2.14. The van der Waals surface area contributed by atoms with Crippen molar-refractivity contribution in [2.24, 2.45) is 0 Å². The van der Waals surface area contributed by atoms with Gasteiger partial charge in [-0.3, -0.25) is 0 Å². The fourth-order valence-corrected chi connectivity index (χ4v) is 6.68. The first-order chi connectivity index (χ1) is 28.6. The van der Waals surface area contributed by atoms with E-state index in [0.29, 0.717) is 35.7 Å². The lowest BCUT2D eigenvalue weighted by molar-refractivity contribution is 0.340. The highest BCUT2D eigenvalue weighted by molar-refractivity contribution is 5.87. The number of rotatable bonds is 14. The predicted octanol–water partition coefficient (Wildman–Crippen LogP) is 14.9. The molecule has 0 saturated carbocycles. The molecule has 0 radical (unpaired) electrons. The molecule has 7 aromatic carbocycles. The van der Waals surface area contributed by atoms with Gasteiger partial charge in [-0.1, -0.05) is 97.1 Å². The summed E-state index contributed by atoms with van der Waals surface area (Å²) in [7, 11) is 0. The zero-order chi connectivity index (χ0) is 40.1. The van der Waals surface area contributed by atoms with Gasteiger partial charge in [0.2, 0.25) is 0 Å². The zero-order valence-electron chi connectivity index (χ0n) is 32.5. The number of anilines is 6. The summed E-state index contributed by atoms with van der Waals surface area (Å²) >= 11 is 0. The summed E-state index contributed by atoms with van der Waals surface area (Å²) in [6.07, 6.45) is 7.78. The van der Waals surface area contributed by atoms with E-state index in [0.717, 1.165) is 56.8 Å². The molecule has 58 heavy (non-hydrogen) atoms. The lowest BCUT2D eigenvalue weighted by Gasteiger charge is -2.25. The molecule has 0 heterocycles. The molecule has 282 valence electrons. The molecule has 0 saturated heterocycles. The summed E-state index contributed by atoms with van der Waals surface area (Å²) in [5.41, 5.74) is 10.5. The van der Waals surface area contributed by atoms with Crippen LogP contribution in [0.4, 0.5) is 45.5 Å². The van der Waals surface area contributed by atoms with Crippen LogP contribution in [0.25, 0.3) is 34.0 Å². The van der Waals surface area contributed by atoms with Crippen molar-refractivity contribution in [1.82, 2.24) is 0 Å². The molecule has 0 aliphatic rings. The van der Waals surface area contributed by atoms with Gasteiger partial charge in [-0.15, -0.1) is 0 Å². The van der Waals surface area contributed by atoms with Gasteiger partial charge in [-0.2, -0.15) is 0 Å². The van der Waals surface area contributed by atoms with E-state index in [9.17, 15) is 0 Å². The topological polar surface area (TPSA) is 33.7 Å². The molecular formula is C52H42N4O2. The van der Waals surface area contributed by atoms with E-state index in [1.54, 1.807) is 12.1 Å². The summed E-state index contributed by atoms with van der Waals surface area (Å²) < 4.78 is 11.3. The van der Waals surface area contributed by atoms with Crippen LogP contribution in [0.15, 0.2) is 170 Å². The number of hydrogen-bond donors (Lipinski definition) is 0. The number of hydrogen-bond acceptors (Lipinski definition) is 4. The zero-order valence-corrected chi connectivity index (χ0v) is 32.5. The second kappa shape index (κ2) is 18.7. The van der Waals surface area contributed by atoms with Gasteiger partial charge in [0.05, 0.1) is 26.4 Å². The minimum absolute atomic E-state index is 0.481. The standard InChI is InChI=1S/C52H42N4O2/c1-5-57-49-33-29-47(30-34-49)55(43-13-9-7-10-14-43)45-25-19-39(20-26-45)17-23-41-37-52(54-4)42(38-51(41)53-3)24-18-40-21-27-46(28-22-40)56(44-15-11-8-12-16-44)48-31-35-50(36-32-48)58-6-2/h7-38H,5-6H2,1-2H3. The highest BCUT2D eigenvalue weighted by Crippen LogP contribution is 2.38. The van der Waals surface area contributed by atoms with Crippen molar-refractivity contribution in [2.75, 3.05) is 23.0 Å². The van der Waals surface area contributed by atoms with Crippen molar-refractivity contribution >= 4 is 69.8 Å². The van der Waals surface area contributed by atoms with E-state index in [-0.39, 0.29) is 0 Å². The lowest BCUT2D eigenvalue weighted by atomic mass is 10.0. The Balaban J connectivity index is 1.09. The number of ether oxygens (including phenoxy) is 2. The summed E-state index contributed by atoms with van der Waals surface area (Å²) in [5.74, 6) is 1.67. The molecule has 0 atom stereocenters. The van der Waals surface area contributed by atoms with Gasteiger partial charge in [-0.25, -0.2) is 9.69 Å². The Bertz CT molecular complexity index is 2380. The molecule has 6 heteroatoms. The second-order valence-electron chi connectivity index (χ2n) is 13.2. The van der Waals surface area contributed by atoms with E-state index >= 15 is 0 Å². The monoisotopic (exact) mass is 754 g/mol. The van der Waals surface area contributed by atoms with E-state index in [4.69, 9.17) is 22.6 Å². The molecule has 0 fully saturated rings. The molecule has 0 aliphatic heterocycles. The summed E-state index contributed by atoms with van der Waals surface area (Å²) in [6, 6.07) is 56.9. The van der Waals surface area contributed by atoms with Crippen molar-refractivity contribution in [2.45, 2.75) is 13.8 Å². The summed E-state index contributed by atoms with van der Waals surface area (Å²) in [6.45, 7) is 21.1. The van der Waals surface area contributed by atoms with E-state index in [1.165, 1.54) is 0 Å². The van der Waals surface area contributed by atoms with Gasteiger partial charge in [0.25, 0.3) is 0 Å². The molecule has 0 amide bonds. The van der Waals surface area contributed by atoms with Crippen molar-refractivity contribution in [3.8, 4) is 11.5 Å². The first-order valence-electron chi connectivity index (χ1n) is 19.2. The van der Waals surface area contributed by atoms with Crippen molar-refractivity contribution in [1.29, 1.82) is 0 Å². The first kappa shape index (κ1) is 38.5. The lowest BCUT2D eigenvalue weighted by Crippen LogP contribution is -2.09. The Morgan fingerprint density at radius 1 is 0.414 bits per heavy atom. The van der Waals surface area contributed by atoms with Crippen LogP contribution in [-0.2, 0) is 0 Å². The van der Waals surface area contributed by atoms with Gasteiger partial charge in [-0.05, 0) is 133 Å². The van der Waals surface area contributed by atoms with Gasteiger partial charge < -0.3 is 19.3 Å². The third-order valence-electron chi connectivity index (χ3n) is 9.47. The maximum Gasteiger partial charge on any atom is 0.192 e. The van der Waals surface area contributed by atoms with Crippen molar-refractivity contribution in [3.05, 3.63) is 215 Å². The molecule has 0 bridgehead atoms. The van der Waals surface area contributed by atoms with Gasteiger partial charge >= 0.3 is 0 Å². The molecule has 7 rings (SSSR count). The molecular weight excluding hydrogens is 713 g/mol. The maximum absolute atomic E-state index is 7.97. The molecule has 0 N–H and O–H groups in total. The third kappa shape index (κ3) is 9.17. The minimum atomic E-state index is 0.481. The fourth-order valence-electron chi connectivity index (χ4n) is 6.68. The van der Waals surface area contributed by atoms with E-state index < -0.39 is 0 Å². The minimum Gasteiger partial charge on any atom is -0.494 e. The van der Waals surface area contributed by atoms with Crippen LogP contribution >= 0.6 is 0 Å². The maximum atomic E-state index is 7.97. The van der Waals surface area contributed by atoms with Gasteiger partial charge in [0.1, 0.15) is 11.5 Å². The largest absolute Gasteiger partial charge is 0.494 e. The van der Waals surface area contributed by atoms with Crippen LogP contribution < -0.4 is 19.3 Å². The molecule has 0 aliphatic carbocycles. The highest BCUT2D eigenvalue weighted by atomic mass is 16.5. The molecule has 0 unspecified atom stereocenters. The SMILES string of the molecule is [C-]#[N+]c1cc(C=Cc2ccc(N(c3ccccc3)c3ccc(OCC)cc3)cc2)c([N+]#[C-])cc1C=Cc1ccc(N(c2ccccc2)c2ccc(OCC)cc2)cc1. The van der Waals surface area contributed by atoms with Crippen molar-refractivity contribution < 1.29 is 9.47 Å². The second-order valence-corrected chi connectivity index (χ2v) is 13.2. The Morgan fingerprint density at radius 3 is 1.03 bits per heavy atom. The number of benzene rings is 7. The summed E-state index contributed by atoms with van der Waals surface area (Å²) in [4.78, 5) is 12.1. The predicted molar refractivity (Wildman–Crippen MR) is 241 cm³/mol. The summed E-state index contributed by atoms with van der Waals surface area (Å²) in [5, 5.41) is 0. The Kier molecular flexibility index (Phi) is 12.4. The Morgan fingerprint density at radius 2 is 0.724 bits per heavy atom. The normalized spacial score (nSPS) is 10.9.